The van der Waals surface area contributed by atoms with E-state index >= 15 is 0 Å². The number of amides is 1. The Hall–Kier alpha value is -1.55. The molecular weight excluding hydrogens is 228 g/mol. The maximum absolute atomic E-state index is 12.1. The number of carbonyl (C=O) groups is 1. The van der Waals surface area contributed by atoms with Crippen molar-refractivity contribution >= 4 is 5.91 Å². The third kappa shape index (κ3) is 4.37. The lowest BCUT2D eigenvalue weighted by atomic mass is 10.1. The Balaban J connectivity index is 2.51. The van der Waals surface area contributed by atoms with Gasteiger partial charge in [-0.1, -0.05) is 12.5 Å². The number of rotatable bonds is 7. The summed E-state index contributed by atoms with van der Waals surface area (Å²) >= 11 is 0. The Morgan fingerprint density at radius 2 is 2.11 bits per heavy atom. The standard InChI is InChI=1S/C14H22N2O2/c1-16(10-5-3-4-9-15)14(17)12-7-6-8-13(11-12)18-2/h6-8,11H,3-5,9-10,15H2,1-2H3. The van der Waals surface area contributed by atoms with Gasteiger partial charge in [-0.3, -0.25) is 4.79 Å². The Morgan fingerprint density at radius 1 is 1.33 bits per heavy atom. The van der Waals surface area contributed by atoms with Crippen LogP contribution in [0.15, 0.2) is 24.3 Å². The van der Waals surface area contributed by atoms with E-state index in [9.17, 15) is 4.79 Å². The first-order chi connectivity index (χ1) is 8.69. The van der Waals surface area contributed by atoms with Crippen LogP contribution in [0.25, 0.3) is 0 Å². The molecule has 4 heteroatoms. The molecule has 0 spiro atoms. The quantitative estimate of drug-likeness (QED) is 0.752. The van der Waals surface area contributed by atoms with E-state index in [1.807, 2.05) is 19.2 Å². The summed E-state index contributed by atoms with van der Waals surface area (Å²) in [6, 6.07) is 7.23. The summed E-state index contributed by atoms with van der Waals surface area (Å²) in [5, 5.41) is 0. The van der Waals surface area contributed by atoms with Crippen molar-refractivity contribution in [3.8, 4) is 5.75 Å². The van der Waals surface area contributed by atoms with Crippen molar-refractivity contribution < 1.29 is 9.53 Å². The molecule has 0 saturated carbocycles. The van der Waals surface area contributed by atoms with Gasteiger partial charge < -0.3 is 15.4 Å². The number of nitrogens with zero attached hydrogens (tertiary/aromatic N) is 1. The van der Waals surface area contributed by atoms with Crippen molar-refractivity contribution in [1.82, 2.24) is 4.90 Å². The molecule has 1 aromatic carbocycles. The molecule has 0 radical (unpaired) electrons. The monoisotopic (exact) mass is 250 g/mol. The van der Waals surface area contributed by atoms with Gasteiger partial charge in [0.05, 0.1) is 7.11 Å². The summed E-state index contributed by atoms with van der Waals surface area (Å²) in [6.07, 6.45) is 3.07. The van der Waals surface area contributed by atoms with Gasteiger partial charge in [-0.2, -0.15) is 0 Å². The molecule has 0 saturated heterocycles. The molecule has 0 aliphatic carbocycles. The number of nitrogens with two attached hydrogens (primary N) is 1. The van der Waals surface area contributed by atoms with Crippen molar-refractivity contribution in [3.05, 3.63) is 29.8 Å². The van der Waals surface area contributed by atoms with Crippen LogP contribution >= 0.6 is 0 Å². The molecule has 4 nitrogen and oxygen atoms in total. The van der Waals surface area contributed by atoms with Crippen LogP contribution in [0, 0.1) is 0 Å². The Morgan fingerprint density at radius 3 is 2.78 bits per heavy atom. The number of carbonyl (C=O) groups excluding carboxylic acids is 1. The summed E-state index contributed by atoms with van der Waals surface area (Å²) in [4.78, 5) is 13.9. The second-order valence-corrected chi connectivity index (χ2v) is 4.31. The van der Waals surface area contributed by atoms with Crippen molar-refractivity contribution in [1.29, 1.82) is 0 Å². The zero-order chi connectivity index (χ0) is 13.4. The topological polar surface area (TPSA) is 55.6 Å². The number of ether oxygens (including phenoxy) is 1. The lowest BCUT2D eigenvalue weighted by Crippen LogP contribution is -2.27. The maximum atomic E-state index is 12.1. The van der Waals surface area contributed by atoms with Crippen LogP contribution in [0.5, 0.6) is 5.75 Å². The van der Waals surface area contributed by atoms with Gasteiger partial charge in [0.25, 0.3) is 5.91 Å². The highest BCUT2D eigenvalue weighted by Gasteiger charge is 2.11. The maximum Gasteiger partial charge on any atom is 0.253 e. The molecule has 2 N–H and O–H groups in total. The minimum atomic E-state index is 0.0293. The highest BCUT2D eigenvalue weighted by Crippen LogP contribution is 2.14. The van der Waals surface area contributed by atoms with Gasteiger partial charge in [0.2, 0.25) is 0 Å². The van der Waals surface area contributed by atoms with Crippen LogP contribution in [-0.2, 0) is 0 Å². The fourth-order valence-corrected chi connectivity index (χ4v) is 1.75. The van der Waals surface area contributed by atoms with E-state index in [4.69, 9.17) is 10.5 Å². The fraction of sp³-hybridized carbons (Fsp3) is 0.500. The average Bonchev–Trinajstić information content (AvgIpc) is 2.42. The van der Waals surface area contributed by atoms with E-state index in [2.05, 4.69) is 0 Å². The zero-order valence-corrected chi connectivity index (χ0v) is 11.2. The predicted molar refractivity (Wildman–Crippen MR) is 72.9 cm³/mol. The van der Waals surface area contributed by atoms with E-state index in [0.29, 0.717) is 17.9 Å². The molecule has 0 aliphatic rings. The smallest absolute Gasteiger partial charge is 0.253 e. The van der Waals surface area contributed by atoms with Gasteiger partial charge in [-0.25, -0.2) is 0 Å². The third-order valence-corrected chi connectivity index (χ3v) is 2.86. The average molecular weight is 250 g/mol. The second-order valence-electron chi connectivity index (χ2n) is 4.31. The molecular formula is C14H22N2O2. The minimum absolute atomic E-state index is 0.0293. The summed E-state index contributed by atoms with van der Waals surface area (Å²) in [5.74, 6) is 0.735. The van der Waals surface area contributed by atoms with Crippen molar-refractivity contribution in [2.45, 2.75) is 19.3 Å². The number of hydrogen-bond donors (Lipinski definition) is 1. The Kier molecular flexibility index (Phi) is 6.22. The molecule has 0 aromatic heterocycles. The third-order valence-electron chi connectivity index (χ3n) is 2.86. The van der Waals surface area contributed by atoms with Gasteiger partial charge in [0.1, 0.15) is 5.75 Å². The normalized spacial score (nSPS) is 10.2. The molecule has 100 valence electrons. The molecule has 0 fully saturated rings. The first kappa shape index (κ1) is 14.5. The van der Waals surface area contributed by atoms with Crippen LogP contribution in [0.1, 0.15) is 29.6 Å². The van der Waals surface area contributed by atoms with Gasteiger partial charge in [0, 0.05) is 19.2 Å². The van der Waals surface area contributed by atoms with Crippen molar-refractivity contribution in [2.24, 2.45) is 5.73 Å². The molecule has 0 atom stereocenters. The number of benzene rings is 1. The van der Waals surface area contributed by atoms with E-state index in [0.717, 1.165) is 25.8 Å². The fourth-order valence-electron chi connectivity index (χ4n) is 1.75. The molecule has 0 aliphatic heterocycles. The number of hydrogen-bond acceptors (Lipinski definition) is 3. The van der Waals surface area contributed by atoms with Gasteiger partial charge in [-0.15, -0.1) is 0 Å². The zero-order valence-electron chi connectivity index (χ0n) is 11.2. The second kappa shape index (κ2) is 7.71. The molecule has 0 bridgehead atoms. The van der Waals surface area contributed by atoms with Crippen LogP contribution in [-0.4, -0.2) is 38.1 Å². The summed E-state index contributed by atoms with van der Waals surface area (Å²) in [6.45, 7) is 1.48. The highest BCUT2D eigenvalue weighted by atomic mass is 16.5. The van der Waals surface area contributed by atoms with Crippen molar-refractivity contribution in [3.63, 3.8) is 0 Å². The molecule has 0 unspecified atom stereocenters. The first-order valence-corrected chi connectivity index (χ1v) is 6.28. The minimum Gasteiger partial charge on any atom is -0.497 e. The first-order valence-electron chi connectivity index (χ1n) is 6.28. The van der Waals surface area contributed by atoms with E-state index in [1.165, 1.54) is 0 Å². The highest BCUT2D eigenvalue weighted by molar-refractivity contribution is 5.94. The Bertz CT molecular complexity index is 380. The lowest BCUT2D eigenvalue weighted by Gasteiger charge is -2.17. The van der Waals surface area contributed by atoms with Crippen LogP contribution in [0.2, 0.25) is 0 Å². The predicted octanol–water partition coefficient (Wildman–Crippen LogP) is 1.90. The van der Waals surface area contributed by atoms with Crippen LogP contribution < -0.4 is 10.5 Å². The lowest BCUT2D eigenvalue weighted by molar-refractivity contribution is 0.0792. The molecule has 18 heavy (non-hydrogen) atoms. The molecule has 1 aromatic rings. The number of methoxy groups -OCH3 is 1. The number of unbranched alkanes of at least 4 members (excludes halogenated alkanes) is 2. The van der Waals surface area contributed by atoms with Crippen LogP contribution in [0.4, 0.5) is 0 Å². The van der Waals surface area contributed by atoms with E-state index < -0.39 is 0 Å². The molecule has 0 heterocycles. The Labute approximate surface area is 109 Å². The summed E-state index contributed by atoms with van der Waals surface area (Å²) in [5.41, 5.74) is 6.10. The summed E-state index contributed by atoms with van der Waals surface area (Å²) in [7, 11) is 3.42. The van der Waals surface area contributed by atoms with E-state index in [1.54, 1.807) is 24.1 Å². The van der Waals surface area contributed by atoms with E-state index in [-0.39, 0.29) is 5.91 Å². The summed E-state index contributed by atoms with van der Waals surface area (Å²) < 4.78 is 5.11. The molecule has 1 rings (SSSR count). The van der Waals surface area contributed by atoms with Gasteiger partial charge >= 0.3 is 0 Å². The SMILES string of the molecule is COc1cccc(C(=O)N(C)CCCCCN)c1. The van der Waals surface area contributed by atoms with Gasteiger partial charge in [-0.05, 0) is 37.6 Å². The largest absolute Gasteiger partial charge is 0.497 e. The van der Waals surface area contributed by atoms with Crippen LogP contribution in [0.3, 0.4) is 0 Å². The molecule has 1 amide bonds. The van der Waals surface area contributed by atoms with Crippen molar-refractivity contribution in [2.75, 3.05) is 27.2 Å². The van der Waals surface area contributed by atoms with Gasteiger partial charge in [0.15, 0.2) is 0 Å².